The fourth-order valence-corrected chi connectivity index (χ4v) is 1.35. The van der Waals surface area contributed by atoms with E-state index in [1.807, 2.05) is 6.92 Å². The van der Waals surface area contributed by atoms with Gasteiger partial charge < -0.3 is 10.6 Å². The number of aromatic nitrogens is 3. The largest absolute Gasteiger partial charge is 0.359 e. The second-order valence-corrected chi connectivity index (χ2v) is 4.60. The van der Waals surface area contributed by atoms with Gasteiger partial charge in [0.25, 0.3) is 5.91 Å². The first-order chi connectivity index (χ1) is 8.40. The van der Waals surface area contributed by atoms with E-state index in [1.54, 1.807) is 20.9 Å². The molecule has 0 aromatic carbocycles. The Morgan fingerprint density at radius 2 is 2.06 bits per heavy atom. The minimum Gasteiger partial charge on any atom is -0.359 e. The maximum absolute atomic E-state index is 11.7. The molecule has 0 bridgehead atoms. The van der Waals surface area contributed by atoms with Crippen molar-refractivity contribution in [1.29, 1.82) is 0 Å². The third-order valence-electron chi connectivity index (χ3n) is 2.60. The molecular weight excluding hydrogens is 234 g/mol. The lowest BCUT2D eigenvalue weighted by Crippen LogP contribution is -2.43. The number of nitrogens with zero attached hydrogens (tertiary/aromatic N) is 2. The minimum absolute atomic E-state index is 0.0968. The standard InChI is InChI=1S/C11H19N5O2/c1-5-7-14-8(16-15-7)9(17)13-6-11(2,3)10(18)12-4/h5-6H2,1-4H3,(H,12,18)(H,13,17)(H,14,15,16). The Bertz CT molecular complexity index is 438. The number of aromatic amines is 1. The van der Waals surface area contributed by atoms with Crippen molar-refractivity contribution in [1.82, 2.24) is 25.8 Å². The van der Waals surface area contributed by atoms with Gasteiger partial charge in [0.15, 0.2) is 0 Å². The van der Waals surface area contributed by atoms with Crippen LogP contribution in [-0.2, 0) is 11.2 Å². The molecule has 7 heteroatoms. The Hall–Kier alpha value is -1.92. The van der Waals surface area contributed by atoms with E-state index in [9.17, 15) is 9.59 Å². The molecule has 0 unspecified atom stereocenters. The highest BCUT2D eigenvalue weighted by Gasteiger charge is 2.27. The third kappa shape index (κ3) is 3.28. The lowest BCUT2D eigenvalue weighted by Gasteiger charge is -2.22. The van der Waals surface area contributed by atoms with E-state index in [-0.39, 0.29) is 24.2 Å². The lowest BCUT2D eigenvalue weighted by atomic mass is 9.92. The average molecular weight is 253 g/mol. The van der Waals surface area contributed by atoms with Gasteiger partial charge in [-0.05, 0) is 13.8 Å². The SMILES string of the molecule is CCc1nc(C(=O)NCC(C)(C)C(=O)NC)n[nH]1. The summed E-state index contributed by atoms with van der Waals surface area (Å²) in [5.41, 5.74) is -0.672. The molecule has 0 aliphatic heterocycles. The Balaban J connectivity index is 2.58. The van der Waals surface area contributed by atoms with Crippen LogP contribution in [0.3, 0.4) is 0 Å². The van der Waals surface area contributed by atoms with Crippen molar-refractivity contribution in [2.75, 3.05) is 13.6 Å². The fourth-order valence-electron chi connectivity index (χ4n) is 1.35. The summed E-state index contributed by atoms with van der Waals surface area (Å²) in [5, 5.41) is 11.7. The summed E-state index contributed by atoms with van der Waals surface area (Å²) in [4.78, 5) is 27.3. The van der Waals surface area contributed by atoms with E-state index < -0.39 is 5.41 Å². The third-order valence-corrected chi connectivity index (χ3v) is 2.60. The molecule has 0 fully saturated rings. The van der Waals surface area contributed by atoms with Crippen molar-refractivity contribution in [3.8, 4) is 0 Å². The van der Waals surface area contributed by atoms with Crippen LogP contribution in [0.5, 0.6) is 0 Å². The summed E-state index contributed by atoms with van der Waals surface area (Å²) in [6, 6.07) is 0. The topological polar surface area (TPSA) is 99.8 Å². The molecule has 7 nitrogen and oxygen atoms in total. The Kier molecular flexibility index (Phi) is 4.41. The van der Waals surface area contributed by atoms with Crippen molar-refractivity contribution < 1.29 is 9.59 Å². The number of amides is 2. The van der Waals surface area contributed by atoms with Crippen LogP contribution in [0.1, 0.15) is 37.2 Å². The van der Waals surface area contributed by atoms with E-state index in [1.165, 1.54) is 0 Å². The molecule has 3 N–H and O–H groups in total. The van der Waals surface area contributed by atoms with Crippen LogP contribution in [0.4, 0.5) is 0 Å². The predicted octanol–water partition coefficient (Wildman–Crippen LogP) is -0.131. The summed E-state index contributed by atoms with van der Waals surface area (Å²) < 4.78 is 0. The van der Waals surface area contributed by atoms with Gasteiger partial charge in [-0.15, -0.1) is 5.10 Å². The van der Waals surface area contributed by atoms with Crippen LogP contribution in [0, 0.1) is 5.41 Å². The molecule has 1 aromatic heterocycles. The molecule has 1 rings (SSSR count). The summed E-state index contributed by atoms with van der Waals surface area (Å²) in [6.45, 7) is 5.64. The lowest BCUT2D eigenvalue weighted by molar-refractivity contribution is -0.128. The van der Waals surface area contributed by atoms with Crippen molar-refractivity contribution >= 4 is 11.8 Å². The summed E-state index contributed by atoms with van der Waals surface area (Å²) in [7, 11) is 1.56. The molecule has 0 saturated carbocycles. The fraction of sp³-hybridized carbons (Fsp3) is 0.636. The first-order valence-electron chi connectivity index (χ1n) is 5.82. The molecule has 0 atom stereocenters. The van der Waals surface area contributed by atoms with Crippen LogP contribution in [0.15, 0.2) is 0 Å². The summed E-state index contributed by atoms with van der Waals surface area (Å²) in [5.74, 6) is 0.236. The number of nitrogens with one attached hydrogen (secondary N) is 3. The van der Waals surface area contributed by atoms with Crippen LogP contribution in [0.25, 0.3) is 0 Å². The molecular formula is C11H19N5O2. The van der Waals surface area contributed by atoms with E-state index in [2.05, 4.69) is 25.8 Å². The van der Waals surface area contributed by atoms with Crippen LogP contribution in [0.2, 0.25) is 0 Å². The monoisotopic (exact) mass is 253 g/mol. The van der Waals surface area contributed by atoms with Gasteiger partial charge in [-0.1, -0.05) is 6.92 Å². The summed E-state index contributed by atoms with van der Waals surface area (Å²) >= 11 is 0. The average Bonchev–Trinajstić information content (AvgIpc) is 2.83. The number of H-pyrrole nitrogens is 1. The van der Waals surface area contributed by atoms with Gasteiger partial charge in [0.1, 0.15) is 5.82 Å². The number of rotatable bonds is 5. The van der Waals surface area contributed by atoms with Gasteiger partial charge in [-0.25, -0.2) is 4.98 Å². The highest BCUT2D eigenvalue weighted by Crippen LogP contribution is 2.13. The normalized spacial score (nSPS) is 11.1. The molecule has 0 aliphatic rings. The molecule has 2 amide bonds. The molecule has 100 valence electrons. The van der Waals surface area contributed by atoms with Crippen molar-refractivity contribution in [3.05, 3.63) is 11.6 Å². The molecule has 0 spiro atoms. The zero-order valence-corrected chi connectivity index (χ0v) is 11.1. The zero-order chi connectivity index (χ0) is 13.8. The quantitative estimate of drug-likeness (QED) is 0.680. The number of hydrogen-bond acceptors (Lipinski definition) is 4. The highest BCUT2D eigenvalue weighted by atomic mass is 16.2. The molecule has 18 heavy (non-hydrogen) atoms. The Labute approximate surface area is 106 Å². The van der Waals surface area contributed by atoms with Gasteiger partial charge in [0, 0.05) is 20.0 Å². The number of aryl methyl sites for hydroxylation is 1. The first-order valence-corrected chi connectivity index (χ1v) is 5.82. The van der Waals surface area contributed by atoms with Crippen LogP contribution in [-0.4, -0.2) is 40.6 Å². The van der Waals surface area contributed by atoms with Crippen molar-refractivity contribution in [3.63, 3.8) is 0 Å². The van der Waals surface area contributed by atoms with E-state index >= 15 is 0 Å². The zero-order valence-electron chi connectivity index (χ0n) is 11.1. The maximum atomic E-state index is 11.7. The van der Waals surface area contributed by atoms with E-state index in [0.29, 0.717) is 12.2 Å². The first kappa shape index (κ1) is 14.1. The molecule has 0 saturated heterocycles. The molecule has 0 aliphatic carbocycles. The summed E-state index contributed by atoms with van der Waals surface area (Å²) in [6.07, 6.45) is 0.685. The molecule has 1 aromatic rings. The second-order valence-electron chi connectivity index (χ2n) is 4.60. The Morgan fingerprint density at radius 3 is 2.56 bits per heavy atom. The van der Waals surface area contributed by atoms with Crippen molar-refractivity contribution in [2.24, 2.45) is 5.41 Å². The smallest absolute Gasteiger partial charge is 0.290 e. The maximum Gasteiger partial charge on any atom is 0.290 e. The van der Waals surface area contributed by atoms with Crippen LogP contribution < -0.4 is 10.6 Å². The van der Waals surface area contributed by atoms with Crippen LogP contribution >= 0.6 is 0 Å². The van der Waals surface area contributed by atoms with Gasteiger partial charge in [-0.3, -0.25) is 14.7 Å². The van der Waals surface area contributed by atoms with E-state index in [0.717, 1.165) is 0 Å². The second kappa shape index (κ2) is 5.61. The van der Waals surface area contributed by atoms with Gasteiger partial charge in [0.2, 0.25) is 11.7 Å². The number of carbonyl (C=O) groups is 2. The Morgan fingerprint density at radius 1 is 1.39 bits per heavy atom. The predicted molar refractivity (Wildman–Crippen MR) is 65.9 cm³/mol. The number of hydrogen-bond donors (Lipinski definition) is 3. The van der Waals surface area contributed by atoms with E-state index in [4.69, 9.17) is 0 Å². The van der Waals surface area contributed by atoms with Gasteiger partial charge in [0.05, 0.1) is 5.41 Å². The van der Waals surface area contributed by atoms with Gasteiger partial charge >= 0.3 is 0 Å². The van der Waals surface area contributed by atoms with Gasteiger partial charge in [-0.2, -0.15) is 0 Å². The minimum atomic E-state index is -0.672. The molecule has 0 radical (unpaired) electrons. The molecule has 1 heterocycles. The highest BCUT2D eigenvalue weighted by molar-refractivity contribution is 5.91. The number of carbonyl (C=O) groups excluding carboxylic acids is 2. The van der Waals surface area contributed by atoms with Crippen molar-refractivity contribution in [2.45, 2.75) is 27.2 Å².